The summed E-state index contributed by atoms with van der Waals surface area (Å²) in [5.41, 5.74) is 3.62. The highest BCUT2D eigenvalue weighted by Crippen LogP contribution is 2.25. The molecule has 112 valence electrons. The molecule has 0 aliphatic carbocycles. The first-order chi connectivity index (χ1) is 9.92. The molecular weight excluding hydrogens is 282 g/mol. The van der Waals surface area contributed by atoms with E-state index in [1.807, 2.05) is 52.9 Å². The molecule has 1 aromatic heterocycles. The Balaban J connectivity index is 2.20. The van der Waals surface area contributed by atoms with E-state index in [1.165, 1.54) is 0 Å². The average Bonchev–Trinajstić information content (AvgIpc) is 2.77. The molecule has 0 saturated heterocycles. The molecule has 2 rings (SSSR count). The van der Waals surface area contributed by atoms with Crippen molar-refractivity contribution >= 4 is 22.9 Å². The van der Waals surface area contributed by atoms with Gasteiger partial charge in [-0.1, -0.05) is 6.07 Å². The van der Waals surface area contributed by atoms with Crippen LogP contribution in [0.3, 0.4) is 0 Å². The van der Waals surface area contributed by atoms with Crippen LogP contribution in [0.25, 0.3) is 0 Å². The maximum atomic E-state index is 12.5. The van der Waals surface area contributed by atoms with E-state index in [0.717, 1.165) is 26.8 Å². The highest BCUT2D eigenvalue weighted by Gasteiger charge is 2.18. The monoisotopic (exact) mass is 303 g/mol. The van der Waals surface area contributed by atoms with Gasteiger partial charge in [-0.2, -0.15) is 0 Å². The lowest BCUT2D eigenvalue weighted by Gasteiger charge is -2.15. The van der Waals surface area contributed by atoms with Crippen molar-refractivity contribution in [2.75, 3.05) is 12.4 Å². The molecule has 21 heavy (non-hydrogen) atoms. The van der Waals surface area contributed by atoms with Crippen LogP contribution in [0, 0.1) is 20.8 Å². The number of nitrogens with one attached hydrogen (secondary N) is 2. The van der Waals surface area contributed by atoms with Gasteiger partial charge in [-0.15, -0.1) is 11.3 Å². The number of carbonyl (C=O) groups excluding carboxylic acids is 1. The van der Waals surface area contributed by atoms with Crippen LogP contribution in [0.15, 0.2) is 18.2 Å². The largest absolute Gasteiger partial charge is 0.387 e. The Labute approximate surface area is 129 Å². The summed E-state index contributed by atoms with van der Waals surface area (Å²) in [7, 11) is 1.83. The third kappa shape index (κ3) is 3.42. The summed E-state index contributed by atoms with van der Waals surface area (Å²) in [5, 5.41) is 7.15. The van der Waals surface area contributed by atoms with E-state index < -0.39 is 0 Å². The molecule has 0 fully saturated rings. The summed E-state index contributed by atoms with van der Waals surface area (Å²) in [6.07, 6.45) is 0. The first-order valence-corrected chi connectivity index (χ1v) is 7.77. The number of aryl methyl sites for hydroxylation is 3. The number of amides is 1. The summed E-state index contributed by atoms with van der Waals surface area (Å²) in [4.78, 5) is 18.0. The number of thiazole rings is 1. The zero-order chi connectivity index (χ0) is 15.6. The van der Waals surface area contributed by atoms with Crippen LogP contribution >= 0.6 is 11.3 Å². The van der Waals surface area contributed by atoms with Crippen LogP contribution in [0.2, 0.25) is 0 Å². The number of nitrogens with zero attached hydrogens (tertiary/aromatic N) is 1. The standard InChI is InChI=1S/C16H21N3OS/c1-9-6-7-13(14(8-9)17-5)16(20)19-11(3)15-10(2)18-12(4)21-15/h6-8,11,17H,1-5H3,(H,19,20). The average molecular weight is 303 g/mol. The molecule has 1 aromatic carbocycles. The van der Waals surface area contributed by atoms with Gasteiger partial charge < -0.3 is 10.6 Å². The summed E-state index contributed by atoms with van der Waals surface area (Å²) >= 11 is 1.63. The molecule has 0 aliphatic heterocycles. The Hall–Kier alpha value is -1.88. The van der Waals surface area contributed by atoms with E-state index in [4.69, 9.17) is 0 Å². The van der Waals surface area contributed by atoms with Gasteiger partial charge in [0.25, 0.3) is 5.91 Å². The SMILES string of the molecule is CNc1cc(C)ccc1C(=O)NC(C)c1sc(C)nc1C. The Morgan fingerprint density at radius 2 is 2.00 bits per heavy atom. The highest BCUT2D eigenvalue weighted by molar-refractivity contribution is 7.11. The molecular formula is C16H21N3OS. The second kappa shape index (κ2) is 6.26. The van der Waals surface area contributed by atoms with Gasteiger partial charge in [0, 0.05) is 17.6 Å². The number of rotatable bonds is 4. The molecule has 0 radical (unpaired) electrons. The van der Waals surface area contributed by atoms with Gasteiger partial charge in [-0.25, -0.2) is 4.98 Å². The van der Waals surface area contributed by atoms with Gasteiger partial charge in [-0.05, 0) is 45.4 Å². The van der Waals surface area contributed by atoms with E-state index in [9.17, 15) is 4.79 Å². The molecule has 1 heterocycles. The van der Waals surface area contributed by atoms with Crippen molar-refractivity contribution in [3.63, 3.8) is 0 Å². The second-order valence-corrected chi connectivity index (χ2v) is 6.41. The molecule has 2 aromatic rings. The molecule has 1 amide bonds. The fourth-order valence-corrected chi connectivity index (χ4v) is 3.28. The quantitative estimate of drug-likeness (QED) is 0.907. The van der Waals surface area contributed by atoms with E-state index in [-0.39, 0.29) is 11.9 Å². The zero-order valence-corrected chi connectivity index (χ0v) is 13.9. The number of aromatic nitrogens is 1. The third-order valence-electron chi connectivity index (χ3n) is 3.37. The van der Waals surface area contributed by atoms with Crippen LogP contribution in [0.5, 0.6) is 0 Å². The minimum atomic E-state index is -0.0719. The van der Waals surface area contributed by atoms with E-state index >= 15 is 0 Å². The van der Waals surface area contributed by atoms with Crippen molar-refractivity contribution in [3.8, 4) is 0 Å². The minimum Gasteiger partial charge on any atom is -0.387 e. The molecule has 5 heteroatoms. The van der Waals surface area contributed by atoms with Crippen LogP contribution in [0.4, 0.5) is 5.69 Å². The fourth-order valence-electron chi connectivity index (χ4n) is 2.35. The highest BCUT2D eigenvalue weighted by atomic mass is 32.1. The molecule has 0 spiro atoms. The fraction of sp³-hybridized carbons (Fsp3) is 0.375. The first-order valence-electron chi connectivity index (χ1n) is 6.95. The van der Waals surface area contributed by atoms with E-state index in [0.29, 0.717) is 5.56 Å². The zero-order valence-electron chi connectivity index (χ0n) is 13.1. The van der Waals surface area contributed by atoms with Gasteiger partial charge >= 0.3 is 0 Å². The molecule has 0 saturated carbocycles. The molecule has 0 bridgehead atoms. The van der Waals surface area contributed by atoms with Crippen LogP contribution in [-0.2, 0) is 0 Å². The molecule has 0 aliphatic rings. The number of hydrogen-bond acceptors (Lipinski definition) is 4. The van der Waals surface area contributed by atoms with E-state index in [1.54, 1.807) is 11.3 Å². The lowest BCUT2D eigenvalue weighted by Crippen LogP contribution is -2.27. The normalized spacial score (nSPS) is 12.0. The van der Waals surface area contributed by atoms with Crippen LogP contribution in [-0.4, -0.2) is 17.9 Å². The summed E-state index contributed by atoms with van der Waals surface area (Å²) in [6, 6.07) is 5.73. The maximum Gasteiger partial charge on any atom is 0.253 e. The number of anilines is 1. The molecule has 1 unspecified atom stereocenters. The lowest BCUT2D eigenvalue weighted by molar-refractivity contribution is 0.0941. The molecule has 2 N–H and O–H groups in total. The van der Waals surface area contributed by atoms with Gasteiger partial charge in [-0.3, -0.25) is 4.79 Å². The van der Waals surface area contributed by atoms with Crippen molar-refractivity contribution in [1.82, 2.24) is 10.3 Å². The lowest BCUT2D eigenvalue weighted by atomic mass is 10.1. The predicted molar refractivity (Wildman–Crippen MR) is 88.2 cm³/mol. The predicted octanol–water partition coefficient (Wildman–Crippen LogP) is 3.60. The van der Waals surface area contributed by atoms with E-state index in [2.05, 4.69) is 15.6 Å². The Morgan fingerprint density at radius 3 is 2.57 bits per heavy atom. The van der Waals surface area contributed by atoms with Crippen molar-refractivity contribution in [2.24, 2.45) is 0 Å². The Morgan fingerprint density at radius 1 is 1.29 bits per heavy atom. The van der Waals surface area contributed by atoms with Gasteiger partial charge in [0.2, 0.25) is 0 Å². The maximum absolute atomic E-state index is 12.5. The molecule has 1 atom stereocenters. The third-order valence-corrected chi connectivity index (χ3v) is 4.62. The summed E-state index contributed by atoms with van der Waals surface area (Å²) < 4.78 is 0. The number of hydrogen-bond donors (Lipinski definition) is 2. The van der Waals surface area contributed by atoms with Gasteiger partial charge in [0.1, 0.15) is 0 Å². The van der Waals surface area contributed by atoms with Crippen LogP contribution in [0.1, 0.15) is 44.5 Å². The topological polar surface area (TPSA) is 54.0 Å². The summed E-state index contributed by atoms with van der Waals surface area (Å²) in [6.45, 7) is 7.96. The molecule has 4 nitrogen and oxygen atoms in total. The van der Waals surface area contributed by atoms with Gasteiger partial charge in [0.15, 0.2) is 0 Å². The first kappa shape index (κ1) is 15.5. The van der Waals surface area contributed by atoms with Crippen molar-refractivity contribution in [2.45, 2.75) is 33.7 Å². The van der Waals surface area contributed by atoms with Crippen molar-refractivity contribution < 1.29 is 4.79 Å². The number of carbonyl (C=O) groups is 1. The van der Waals surface area contributed by atoms with Crippen molar-refractivity contribution in [3.05, 3.63) is 44.9 Å². The smallest absolute Gasteiger partial charge is 0.253 e. The van der Waals surface area contributed by atoms with Crippen molar-refractivity contribution in [1.29, 1.82) is 0 Å². The minimum absolute atomic E-state index is 0.0466. The van der Waals surface area contributed by atoms with Crippen LogP contribution < -0.4 is 10.6 Å². The van der Waals surface area contributed by atoms with Gasteiger partial charge in [0.05, 0.1) is 22.3 Å². The Bertz CT molecular complexity index is 664. The second-order valence-electron chi connectivity index (χ2n) is 5.18. The number of benzene rings is 1. The summed E-state index contributed by atoms with van der Waals surface area (Å²) in [5.74, 6) is -0.0719. The Kier molecular flexibility index (Phi) is 4.63.